The Hall–Kier alpha value is -0.690. The third-order valence-corrected chi connectivity index (χ3v) is 4.15. The Labute approximate surface area is 115 Å². The van der Waals surface area contributed by atoms with E-state index < -0.39 is 0 Å². The topological polar surface area (TPSA) is 68.5 Å². The van der Waals surface area contributed by atoms with Crippen molar-refractivity contribution in [3.63, 3.8) is 0 Å². The second-order valence-corrected chi connectivity index (χ2v) is 5.36. The number of ether oxygens (including phenoxy) is 1. The van der Waals surface area contributed by atoms with Gasteiger partial charge in [0, 0.05) is 24.9 Å². The number of carbonyl (C=O) groups excluding carboxylic acids is 1. The van der Waals surface area contributed by atoms with Gasteiger partial charge in [-0.15, -0.1) is 22.9 Å². The zero-order valence-electron chi connectivity index (χ0n) is 9.97. The van der Waals surface area contributed by atoms with Crippen LogP contribution in [-0.2, 0) is 21.8 Å². The molecular weight excluding hydrogens is 274 g/mol. The van der Waals surface area contributed by atoms with Gasteiger partial charge in [0.2, 0.25) is 5.91 Å². The fraction of sp³-hybridized carbons (Fsp3) is 0.636. The number of alkyl halides is 1. The highest BCUT2D eigenvalue weighted by molar-refractivity contribution is 7.09. The Morgan fingerprint density at radius 3 is 3.22 bits per heavy atom. The molecule has 0 radical (unpaired) electrons. The van der Waals surface area contributed by atoms with E-state index in [0.717, 1.165) is 30.2 Å². The highest BCUT2D eigenvalue weighted by Crippen LogP contribution is 2.14. The van der Waals surface area contributed by atoms with Crippen LogP contribution in [0.25, 0.3) is 0 Å². The van der Waals surface area contributed by atoms with Crippen LogP contribution in [0.1, 0.15) is 10.7 Å². The quantitative estimate of drug-likeness (QED) is 0.807. The predicted octanol–water partition coefficient (Wildman–Crippen LogP) is 0.611. The molecule has 100 valence electrons. The first kappa shape index (κ1) is 13.7. The number of primary amides is 1. The molecule has 2 rings (SSSR count). The van der Waals surface area contributed by atoms with E-state index >= 15 is 0 Å². The first-order valence-corrected chi connectivity index (χ1v) is 7.22. The van der Waals surface area contributed by atoms with Crippen LogP contribution in [0.15, 0.2) is 5.38 Å². The van der Waals surface area contributed by atoms with Crippen LogP contribution in [0.2, 0.25) is 0 Å². The predicted molar refractivity (Wildman–Crippen MR) is 70.7 cm³/mol. The summed E-state index contributed by atoms with van der Waals surface area (Å²) in [6.07, 6.45) is 0.811. The first-order chi connectivity index (χ1) is 8.70. The van der Waals surface area contributed by atoms with Crippen molar-refractivity contribution in [2.45, 2.75) is 18.3 Å². The van der Waals surface area contributed by atoms with Crippen molar-refractivity contribution in [1.29, 1.82) is 0 Å². The van der Waals surface area contributed by atoms with Crippen molar-refractivity contribution in [3.8, 4) is 0 Å². The van der Waals surface area contributed by atoms with Gasteiger partial charge in [0.1, 0.15) is 6.04 Å². The molecule has 1 unspecified atom stereocenters. The van der Waals surface area contributed by atoms with Crippen molar-refractivity contribution >= 4 is 28.8 Å². The van der Waals surface area contributed by atoms with Gasteiger partial charge < -0.3 is 10.5 Å². The van der Waals surface area contributed by atoms with E-state index in [4.69, 9.17) is 22.1 Å². The summed E-state index contributed by atoms with van der Waals surface area (Å²) in [4.78, 5) is 17.8. The summed E-state index contributed by atoms with van der Waals surface area (Å²) in [6.45, 7) is 2.54. The molecule has 5 nitrogen and oxygen atoms in total. The number of nitrogens with two attached hydrogens (primary N) is 1. The molecule has 1 aliphatic rings. The second-order valence-electron chi connectivity index (χ2n) is 4.15. The van der Waals surface area contributed by atoms with Gasteiger partial charge >= 0.3 is 0 Å². The zero-order valence-corrected chi connectivity index (χ0v) is 11.5. The van der Waals surface area contributed by atoms with Crippen molar-refractivity contribution in [3.05, 3.63) is 16.1 Å². The van der Waals surface area contributed by atoms with Gasteiger partial charge in [-0.05, 0) is 0 Å². The summed E-state index contributed by atoms with van der Waals surface area (Å²) >= 11 is 7.31. The molecule has 0 aromatic carbocycles. The first-order valence-electron chi connectivity index (χ1n) is 5.81. The van der Waals surface area contributed by atoms with Crippen LogP contribution in [-0.4, -0.2) is 48.1 Å². The van der Waals surface area contributed by atoms with Gasteiger partial charge in [0.25, 0.3) is 0 Å². The number of nitrogens with zero attached hydrogens (tertiary/aromatic N) is 2. The number of rotatable bonds is 5. The summed E-state index contributed by atoms with van der Waals surface area (Å²) < 4.78 is 5.27. The zero-order chi connectivity index (χ0) is 13.0. The minimum Gasteiger partial charge on any atom is -0.378 e. The van der Waals surface area contributed by atoms with Crippen LogP contribution in [0, 0.1) is 0 Å². The molecule has 0 bridgehead atoms. The van der Waals surface area contributed by atoms with Gasteiger partial charge in [-0.3, -0.25) is 9.69 Å². The number of hydrogen-bond acceptors (Lipinski definition) is 5. The van der Waals surface area contributed by atoms with Crippen molar-refractivity contribution in [2.24, 2.45) is 5.73 Å². The number of carbonyl (C=O) groups is 1. The second kappa shape index (κ2) is 6.47. The molecule has 18 heavy (non-hydrogen) atoms. The summed E-state index contributed by atoms with van der Waals surface area (Å²) in [5, 5.41) is 3.01. The van der Waals surface area contributed by atoms with E-state index in [1.165, 1.54) is 0 Å². The molecular formula is C11H16ClN3O2S. The van der Waals surface area contributed by atoms with Crippen LogP contribution >= 0.6 is 22.9 Å². The summed E-state index contributed by atoms with van der Waals surface area (Å²) in [5.41, 5.74) is 6.27. The maximum Gasteiger partial charge on any atom is 0.237 e. The average molecular weight is 290 g/mol. The van der Waals surface area contributed by atoms with E-state index in [2.05, 4.69) is 9.88 Å². The molecule has 1 fully saturated rings. The maximum absolute atomic E-state index is 11.3. The average Bonchev–Trinajstić information content (AvgIpc) is 2.84. The number of thiazole rings is 1. The minimum atomic E-state index is -0.324. The number of morpholine rings is 1. The Kier molecular flexibility index (Phi) is 4.94. The Balaban J connectivity index is 1.89. The summed E-state index contributed by atoms with van der Waals surface area (Å²) in [7, 11) is 0. The molecule has 1 aromatic rings. The van der Waals surface area contributed by atoms with E-state index in [0.29, 0.717) is 19.1 Å². The highest BCUT2D eigenvalue weighted by Gasteiger charge is 2.27. The monoisotopic (exact) mass is 289 g/mol. The molecule has 7 heteroatoms. The van der Waals surface area contributed by atoms with E-state index in [1.807, 2.05) is 5.38 Å². The Morgan fingerprint density at radius 2 is 2.56 bits per heavy atom. The van der Waals surface area contributed by atoms with Crippen LogP contribution in [0.4, 0.5) is 0 Å². The van der Waals surface area contributed by atoms with Crippen LogP contribution in [0.5, 0.6) is 0 Å². The fourth-order valence-electron chi connectivity index (χ4n) is 1.93. The summed E-state index contributed by atoms with van der Waals surface area (Å²) in [6, 6.07) is -0.314. The highest BCUT2D eigenvalue weighted by atomic mass is 35.5. The molecule has 0 aliphatic carbocycles. The molecule has 0 spiro atoms. The van der Waals surface area contributed by atoms with Gasteiger partial charge in [0.05, 0.1) is 29.8 Å². The number of amides is 1. The molecule has 1 aliphatic heterocycles. The van der Waals surface area contributed by atoms with Gasteiger partial charge in [-0.25, -0.2) is 4.98 Å². The largest absolute Gasteiger partial charge is 0.378 e. The Bertz CT molecular complexity index is 413. The molecule has 2 heterocycles. The van der Waals surface area contributed by atoms with Gasteiger partial charge in [0.15, 0.2) is 0 Å². The van der Waals surface area contributed by atoms with Crippen molar-refractivity contribution in [2.75, 3.05) is 26.3 Å². The third-order valence-electron chi connectivity index (χ3n) is 2.92. The molecule has 1 aromatic heterocycles. The normalized spacial score (nSPS) is 21.1. The maximum atomic E-state index is 11.3. The van der Waals surface area contributed by atoms with Gasteiger partial charge in [-0.1, -0.05) is 0 Å². The van der Waals surface area contributed by atoms with E-state index in [-0.39, 0.29) is 11.9 Å². The molecule has 1 saturated heterocycles. The molecule has 2 N–H and O–H groups in total. The lowest BCUT2D eigenvalue weighted by atomic mass is 10.2. The van der Waals surface area contributed by atoms with Crippen LogP contribution < -0.4 is 5.73 Å². The lowest BCUT2D eigenvalue weighted by molar-refractivity contribution is -0.129. The lowest BCUT2D eigenvalue weighted by Gasteiger charge is -2.33. The SMILES string of the molecule is NC(=O)C1COCCN1CCc1nc(CCl)cs1. The third kappa shape index (κ3) is 3.41. The lowest BCUT2D eigenvalue weighted by Crippen LogP contribution is -2.52. The smallest absolute Gasteiger partial charge is 0.237 e. The number of halogens is 1. The number of aromatic nitrogens is 1. The van der Waals surface area contributed by atoms with Crippen molar-refractivity contribution < 1.29 is 9.53 Å². The fourth-order valence-corrected chi connectivity index (χ4v) is 2.95. The van der Waals surface area contributed by atoms with E-state index in [9.17, 15) is 4.79 Å². The molecule has 0 saturated carbocycles. The number of hydrogen-bond donors (Lipinski definition) is 1. The van der Waals surface area contributed by atoms with E-state index in [1.54, 1.807) is 11.3 Å². The van der Waals surface area contributed by atoms with Gasteiger partial charge in [-0.2, -0.15) is 0 Å². The standard InChI is InChI=1S/C11H16ClN3O2S/c12-5-8-7-18-10(14-8)1-2-15-3-4-17-6-9(15)11(13)16/h7,9H,1-6H2,(H2,13,16). The Morgan fingerprint density at radius 1 is 1.72 bits per heavy atom. The molecule has 1 atom stereocenters. The summed E-state index contributed by atoms with van der Waals surface area (Å²) in [5.74, 6) is 0.119. The molecule has 1 amide bonds. The van der Waals surface area contributed by atoms with Crippen LogP contribution in [0.3, 0.4) is 0 Å². The van der Waals surface area contributed by atoms with Crippen molar-refractivity contribution in [1.82, 2.24) is 9.88 Å². The minimum absolute atomic E-state index is 0.314.